The molecule has 9 nitrogen and oxygen atoms in total. The van der Waals surface area contributed by atoms with Crippen LogP contribution in [0.15, 0.2) is 54.6 Å². The third kappa shape index (κ3) is 3.51. The van der Waals surface area contributed by atoms with Gasteiger partial charge in [-0.15, -0.1) is 0 Å². The van der Waals surface area contributed by atoms with Crippen molar-refractivity contribution in [1.29, 1.82) is 0 Å². The minimum atomic E-state index is -0.776. The van der Waals surface area contributed by atoms with E-state index >= 15 is 0 Å². The van der Waals surface area contributed by atoms with Crippen LogP contribution in [-0.4, -0.2) is 33.8 Å². The number of hydrogen-bond acceptors (Lipinski definition) is 5. The van der Waals surface area contributed by atoms with Crippen LogP contribution in [0.2, 0.25) is 0 Å². The first kappa shape index (κ1) is 17.1. The molecule has 2 N–H and O–H groups in total. The fourth-order valence-electron chi connectivity index (χ4n) is 2.53. The number of carbonyl (C=O) groups excluding carboxylic acids is 3. The van der Waals surface area contributed by atoms with Crippen molar-refractivity contribution in [2.45, 2.75) is 12.5 Å². The Balaban J connectivity index is 1.67. The molecule has 2 aromatic carbocycles. The van der Waals surface area contributed by atoms with Crippen LogP contribution in [0.4, 0.5) is 10.5 Å². The van der Waals surface area contributed by atoms with E-state index in [-0.39, 0.29) is 11.3 Å². The van der Waals surface area contributed by atoms with Crippen LogP contribution >= 0.6 is 0 Å². The second kappa shape index (κ2) is 7.01. The highest BCUT2D eigenvalue weighted by atomic mass is 16.6. The third-order valence-electron chi connectivity index (χ3n) is 3.86. The molecule has 0 aromatic heterocycles. The quantitative estimate of drug-likeness (QED) is 0.477. The SMILES string of the molecule is O=C(NN1C(=O)NC(Cc2ccccc2)C1=O)c1ccc([N+](=O)[O-])cc1. The number of amides is 4. The zero-order valence-electron chi connectivity index (χ0n) is 13.4. The number of urea groups is 1. The average molecular weight is 354 g/mol. The van der Waals surface area contributed by atoms with Gasteiger partial charge in [0.25, 0.3) is 17.5 Å². The first-order valence-corrected chi connectivity index (χ1v) is 7.69. The summed E-state index contributed by atoms with van der Waals surface area (Å²) in [4.78, 5) is 46.6. The molecule has 1 aliphatic rings. The van der Waals surface area contributed by atoms with Crippen LogP contribution in [0.3, 0.4) is 0 Å². The number of hydrazine groups is 1. The van der Waals surface area contributed by atoms with Crippen molar-refractivity contribution in [3.05, 3.63) is 75.8 Å². The smallest absolute Gasteiger partial charge is 0.324 e. The number of nitro groups is 1. The summed E-state index contributed by atoms with van der Waals surface area (Å²) in [6.07, 6.45) is 0.301. The van der Waals surface area contributed by atoms with Crippen molar-refractivity contribution in [3.63, 3.8) is 0 Å². The molecule has 0 radical (unpaired) electrons. The topological polar surface area (TPSA) is 122 Å². The Hall–Kier alpha value is -3.75. The van der Waals surface area contributed by atoms with Crippen molar-refractivity contribution in [3.8, 4) is 0 Å². The standard InChI is InChI=1S/C17H14N4O5/c22-15(12-6-8-13(9-7-12)21(25)26)19-20-16(23)14(18-17(20)24)10-11-4-2-1-3-5-11/h1-9,14H,10H2,(H,18,24)(H,19,22). The molecule has 0 bridgehead atoms. The van der Waals surface area contributed by atoms with Gasteiger partial charge >= 0.3 is 6.03 Å². The maximum atomic E-state index is 12.4. The number of nitro benzene ring substituents is 1. The predicted molar refractivity (Wildman–Crippen MR) is 89.9 cm³/mol. The monoisotopic (exact) mass is 354 g/mol. The molecule has 26 heavy (non-hydrogen) atoms. The predicted octanol–water partition coefficient (Wildman–Crippen LogP) is 1.40. The van der Waals surface area contributed by atoms with Crippen LogP contribution in [0.25, 0.3) is 0 Å². The number of nitrogens with zero attached hydrogens (tertiary/aromatic N) is 2. The summed E-state index contributed by atoms with van der Waals surface area (Å²) < 4.78 is 0. The van der Waals surface area contributed by atoms with Gasteiger partial charge in [-0.05, 0) is 17.7 Å². The molecule has 132 valence electrons. The Morgan fingerprint density at radius 2 is 1.77 bits per heavy atom. The third-order valence-corrected chi connectivity index (χ3v) is 3.86. The Labute approximate surface area is 147 Å². The highest BCUT2D eigenvalue weighted by molar-refractivity contribution is 6.07. The molecule has 0 aliphatic carbocycles. The lowest BCUT2D eigenvalue weighted by molar-refractivity contribution is -0.384. The van der Waals surface area contributed by atoms with Crippen molar-refractivity contribution in [2.75, 3.05) is 0 Å². The molecule has 2 aromatic rings. The lowest BCUT2D eigenvalue weighted by atomic mass is 10.1. The summed E-state index contributed by atoms with van der Waals surface area (Å²) in [5.74, 6) is -1.29. The summed E-state index contributed by atoms with van der Waals surface area (Å²) in [6, 6.07) is 12.5. The molecule has 1 atom stereocenters. The molecular weight excluding hydrogens is 340 g/mol. The molecule has 0 spiro atoms. The van der Waals surface area contributed by atoms with E-state index in [1.807, 2.05) is 30.3 Å². The van der Waals surface area contributed by atoms with Crippen molar-refractivity contribution < 1.29 is 19.3 Å². The molecule has 3 rings (SSSR count). The fraction of sp³-hybridized carbons (Fsp3) is 0.118. The first-order valence-electron chi connectivity index (χ1n) is 7.69. The van der Waals surface area contributed by atoms with E-state index in [2.05, 4.69) is 10.7 Å². The lowest BCUT2D eigenvalue weighted by Gasteiger charge is -2.14. The molecule has 0 saturated carbocycles. The highest BCUT2D eigenvalue weighted by Crippen LogP contribution is 2.14. The Morgan fingerprint density at radius 3 is 2.38 bits per heavy atom. The summed E-state index contributed by atoms with van der Waals surface area (Å²) in [7, 11) is 0. The molecular formula is C17H14N4O5. The van der Waals surface area contributed by atoms with Crippen LogP contribution < -0.4 is 10.7 Å². The van der Waals surface area contributed by atoms with Crippen molar-refractivity contribution in [1.82, 2.24) is 15.8 Å². The van der Waals surface area contributed by atoms with Gasteiger partial charge in [-0.1, -0.05) is 30.3 Å². The number of imide groups is 1. The number of hydrogen-bond donors (Lipinski definition) is 2. The second-order valence-corrected chi connectivity index (χ2v) is 5.61. The number of carbonyl (C=O) groups is 3. The zero-order valence-corrected chi connectivity index (χ0v) is 13.4. The number of nitrogens with one attached hydrogen (secondary N) is 2. The largest absolute Gasteiger partial charge is 0.344 e. The molecule has 1 fully saturated rings. The maximum Gasteiger partial charge on any atom is 0.344 e. The van der Waals surface area contributed by atoms with Gasteiger partial charge in [0.1, 0.15) is 6.04 Å². The number of benzene rings is 2. The normalized spacial score (nSPS) is 16.3. The Kier molecular flexibility index (Phi) is 4.61. The van der Waals surface area contributed by atoms with E-state index < -0.39 is 28.8 Å². The minimum absolute atomic E-state index is 0.0858. The van der Waals surface area contributed by atoms with Gasteiger partial charge in [0.2, 0.25) is 0 Å². The minimum Gasteiger partial charge on any atom is -0.324 e. The fourth-order valence-corrected chi connectivity index (χ4v) is 2.53. The van der Waals surface area contributed by atoms with E-state index in [1.165, 1.54) is 24.3 Å². The summed E-state index contributed by atoms with van der Waals surface area (Å²) in [6.45, 7) is 0. The van der Waals surface area contributed by atoms with E-state index in [0.717, 1.165) is 5.56 Å². The Morgan fingerprint density at radius 1 is 1.12 bits per heavy atom. The van der Waals surface area contributed by atoms with Crippen molar-refractivity contribution >= 4 is 23.5 Å². The molecule has 9 heteroatoms. The number of rotatable bonds is 5. The molecule has 1 aliphatic heterocycles. The first-order chi connectivity index (χ1) is 12.5. The van der Waals surface area contributed by atoms with E-state index in [0.29, 0.717) is 11.4 Å². The van der Waals surface area contributed by atoms with Crippen molar-refractivity contribution in [2.24, 2.45) is 0 Å². The molecule has 1 heterocycles. The van der Waals surface area contributed by atoms with Gasteiger partial charge in [-0.2, -0.15) is 5.01 Å². The lowest BCUT2D eigenvalue weighted by Crippen LogP contribution is -2.46. The zero-order chi connectivity index (χ0) is 18.7. The second-order valence-electron chi connectivity index (χ2n) is 5.61. The molecule has 1 unspecified atom stereocenters. The summed E-state index contributed by atoms with van der Waals surface area (Å²) >= 11 is 0. The van der Waals surface area contributed by atoms with Gasteiger partial charge < -0.3 is 5.32 Å². The average Bonchev–Trinajstić information content (AvgIpc) is 2.90. The highest BCUT2D eigenvalue weighted by Gasteiger charge is 2.39. The van der Waals surface area contributed by atoms with Gasteiger partial charge in [-0.25, -0.2) is 4.79 Å². The Bertz CT molecular complexity index is 866. The van der Waals surface area contributed by atoms with Gasteiger partial charge in [0.05, 0.1) is 4.92 Å². The molecule has 4 amide bonds. The summed E-state index contributed by atoms with van der Waals surface area (Å²) in [5.41, 5.74) is 3.01. The van der Waals surface area contributed by atoms with Crippen LogP contribution in [0, 0.1) is 10.1 Å². The van der Waals surface area contributed by atoms with Crippen LogP contribution in [0.5, 0.6) is 0 Å². The van der Waals surface area contributed by atoms with E-state index in [9.17, 15) is 24.5 Å². The number of non-ortho nitro benzene ring substituents is 1. The van der Waals surface area contributed by atoms with Gasteiger partial charge in [0, 0.05) is 24.1 Å². The van der Waals surface area contributed by atoms with Gasteiger partial charge in [-0.3, -0.25) is 25.1 Å². The maximum absolute atomic E-state index is 12.4. The molecule has 1 saturated heterocycles. The van der Waals surface area contributed by atoms with E-state index in [1.54, 1.807) is 0 Å². The summed E-state index contributed by atoms with van der Waals surface area (Å²) in [5, 5.41) is 13.8. The van der Waals surface area contributed by atoms with E-state index in [4.69, 9.17) is 0 Å². The van der Waals surface area contributed by atoms with Crippen LogP contribution in [0.1, 0.15) is 15.9 Å². The van der Waals surface area contributed by atoms with Gasteiger partial charge in [0.15, 0.2) is 0 Å². The van der Waals surface area contributed by atoms with Crippen LogP contribution in [-0.2, 0) is 11.2 Å².